The van der Waals surface area contributed by atoms with Crippen LogP contribution in [0.5, 0.6) is 0 Å². The molecule has 0 spiro atoms. The summed E-state index contributed by atoms with van der Waals surface area (Å²) < 4.78 is 1.79. The van der Waals surface area contributed by atoms with Crippen molar-refractivity contribution in [2.45, 2.75) is 45.8 Å². The second kappa shape index (κ2) is 7.78. The van der Waals surface area contributed by atoms with Crippen LogP contribution in [0.4, 0.5) is 4.79 Å². The minimum atomic E-state index is -0.624. The molecular formula is C17H24N6O2. The number of pyridine rings is 1. The fourth-order valence-electron chi connectivity index (χ4n) is 2.04. The van der Waals surface area contributed by atoms with Gasteiger partial charge in [-0.1, -0.05) is 6.07 Å². The lowest BCUT2D eigenvalue weighted by molar-refractivity contribution is -0.123. The number of nitrogens with zero attached hydrogens (tertiary/aromatic N) is 3. The Kier molecular flexibility index (Phi) is 5.74. The maximum absolute atomic E-state index is 11.9. The van der Waals surface area contributed by atoms with Crippen molar-refractivity contribution in [3.05, 3.63) is 42.6 Å². The van der Waals surface area contributed by atoms with Crippen LogP contribution in [0.15, 0.2) is 37.1 Å². The molecule has 2 aromatic rings. The Morgan fingerprint density at radius 1 is 1.28 bits per heavy atom. The van der Waals surface area contributed by atoms with E-state index in [0.29, 0.717) is 6.54 Å². The van der Waals surface area contributed by atoms with Crippen molar-refractivity contribution in [1.29, 1.82) is 0 Å². The minimum absolute atomic E-state index is 0.228. The molecule has 2 heterocycles. The number of carbonyl (C=O) groups is 2. The first-order valence-corrected chi connectivity index (χ1v) is 8.04. The Balaban J connectivity index is 1.80. The molecule has 0 aromatic carbocycles. The van der Waals surface area contributed by atoms with Crippen molar-refractivity contribution in [1.82, 2.24) is 30.5 Å². The summed E-state index contributed by atoms with van der Waals surface area (Å²) in [5.74, 6) is 0.521. The first kappa shape index (κ1) is 18.4. The molecule has 2 aromatic heterocycles. The van der Waals surface area contributed by atoms with Crippen molar-refractivity contribution in [3.63, 3.8) is 0 Å². The molecule has 0 aliphatic rings. The molecule has 3 amide bonds. The third-order valence-electron chi connectivity index (χ3n) is 3.27. The molecule has 0 radical (unpaired) electrons. The number of hydrogen-bond acceptors (Lipinski definition) is 4. The van der Waals surface area contributed by atoms with Crippen molar-refractivity contribution in [2.75, 3.05) is 0 Å². The molecule has 0 saturated heterocycles. The van der Waals surface area contributed by atoms with Gasteiger partial charge in [0.1, 0.15) is 18.2 Å². The molecule has 0 bridgehead atoms. The number of nitrogens with one attached hydrogen (secondary N) is 3. The molecule has 2 rings (SSSR count). The Morgan fingerprint density at radius 3 is 2.60 bits per heavy atom. The quantitative estimate of drug-likeness (QED) is 0.762. The zero-order valence-corrected chi connectivity index (χ0v) is 14.9. The zero-order valence-electron chi connectivity index (χ0n) is 14.9. The summed E-state index contributed by atoms with van der Waals surface area (Å²) in [7, 11) is 0. The number of hydrogen-bond donors (Lipinski definition) is 3. The molecule has 8 nitrogen and oxygen atoms in total. The van der Waals surface area contributed by atoms with E-state index < -0.39 is 12.1 Å². The van der Waals surface area contributed by atoms with Crippen LogP contribution < -0.4 is 16.0 Å². The molecule has 0 aliphatic heterocycles. The smallest absolute Gasteiger partial charge is 0.315 e. The standard InChI is InChI=1S/C17H24N6O2/c1-12(15(24)22-17(2,3)4)21-16(25)20-10-13-5-6-14(19-9-13)23-8-7-18-11-23/h5-9,11-12H,10H2,1-4H3,(H,22,24)(H2,20,21,25). The van der Waals surface area contributed by atoms with Gasteiger partial charge in [0.05, 0.1) is 0 Å². The van der Waals surface area contributed by atoms with E-state index in [0.717, 1.165) is 11.4 Å². The largest absolute Gasteiger partial charge is 0.350 e. The van der Waals surface area contributed by atoms with E-state index >= 15 is 0 Å². The van der Waals surface area contributed by atoms with Crippen LogP contribution in [0.3, 0.4) is 0 Å². The maximum atomic E-state index is 11.9. The summed E-state index contributed by atoms with van der Waals surface area (Å²) in [5.41, 5.74) is 0.511. The molecule has 25 heavy (non-hydrogen) atoms. The van der Waals surface area contributed by atoms with Gasteiger partial charge in [-0.15, -0.1) is 0 Å². The second-order valence-corrected chi connectivity index (χ2v) is 6.78. The van der Waals surface area contributed by atoms with Crippen molar-refractivity contribution < 1.29 is 9.59 Å². The van der Waals surface area contributed by atoms with E-state index in [9.17, 15) is 9.59 Å². The zero-order chi connectivity index (χ0) is 18.4. The van der Waals surface area contributed by atoms with E-state index in [2.05, 4.69) is 25.9 Å². The topological polar surface area (TPSA) is 101 Å². The molecular weight excluding hydrogens is 320 g/mol. The SMILES string of the molecule is CC(NC(=O)NCc1ccc(-n2ccnc2)nc1)C(=O)NC(C)(C)C. The van der Waals surface area contributed by atoms with Gasteiger partial charge in [-0.05, 0) is 39.3 Å². The number of carbonyl (C=O) groups excluding carboxylic acids is 2. The van der Waals surface area contributed by atoms with E-state index in [1.54, 1.807) is 36.4 Å². The molecule has 0 saturated carbocycles. The summed E-state index contributed by atoms with van der Waals surface area (Å²) in [4.78, 5) is 32.1. The van der Waals surface area contributed by atoms with Gasteiger partial charge in [-0.25, -0.2) is 14.8 Å². The lowest BCUT2D eigenvalue weighted by Gasteiger charge is -2.23. The van der Waals surface area contributed by atoms with Crippen LogP contribution in [0.1, 0.15) is 33.3 Å². The van der Waals surface area contributed by atoms with Gasteiger partial charge in [0.2, 0.25) is 5.91 Å². The first-order valence-electron chi connectivity index (χ1n) is 8.04. The van der Waals surface area contributed by atoms with Gasteiger partial charge in [0.25, 0.3) is 0 Å². The van der Waals surface area contributed by atoms with Crippen molar-refractivity contribution >= 4 is 11.9 Å². The predicted molar refractivity (Wildman–Crippen MR) is 94.1 cm³/mol. The van der Waals surface area contributed by atoms with Gasteiger partial charge in [-0.2, -0.15) is 0 Å². The number of urea groups is 1. The van der Waals surface area contributed by atoms with Crippen LogP contribution in [0.25, 0.3) is 5.82 Å². The number of imidazole rings is 1. The van der Waals surface area contributed by atoms with Crippen LogP contribution >= 0.6 is 0 Å². The molecule has 134 valence electrons. The van der Waals surface area contributed by atoms with Gasteiger partial charge in [-0.3, -0.25) is 9.36 Å². The lowest BCUT2D eigenvalue weighted by Crippen LogP contribution is -2.52. The first-order chi connectivity index (χ1) is 11.7. The summed E-state index contributed by atoms with van der Waals surface area (Å²) >= 11 is 0. The maximum Gasteiger partial charge on any atom is 0.315 e. The summed E-state index contributed by atoms with van der Waals surface area (Å²) in [6.07, 6.45) is 6.83. The van der Waals surface area contributed by atoms with E-state index in [-0.39, 0.29) is 11.4 Å². The average molecular weight is 344 g/mol. The molecule has 0 aliphatic carbocycles. The Hall–Kier alpha value is -2.90. The predicted octanol–water partition coefficient (Wildman–Crippen LogP) is 1.37. The molecule has 3 N–H and O–H groups in total. The van der Waals surface area contributed by atoms with E-state index in [1.165, 1.54) is 0 Å². The van der Waals surface area contributed by atoms with Crippen molar-refractivity contribution in [2.24, 2.45) is 0 Å². The highest BCUT2D eigenvalue weighted by Crippen LogP contribution is 2.05. The Bertz CT molecular complexity index is 704. The van der Waals surface area contributed by atoms with Gasteiger partial charge in [0.15, 0.2) is 0 Å². The lowest BCUT2D eigenvalue weighted by atomic mass is 10.1. The summed E-state index contributed by atoms with van der Waals surface area (Å²) in [5, 5.41) is 8.14. The third-order valence-corrected chi connectivity index (χ3v) is 3.27. The second-order valence-electron chi connectivity index (χ2n) is 6.78. The molecule has 1 atom stereocenters. The molecule has 1 unspecified atom stereocenters. The highest BCUT2D eigenvalue weighted by atomic mass is 16.2. The highest BCUT2D eigenvalue weighted by molar-refractivity contribution is 5.87. The third kappa shape index (κ3) is 5.91. The van der Waals surface area contributed by atoms with E-state index in [4.69, 9.17) is 0 Å². The van der Waals surface area contributed by atoms with Crippen LogP contribution in [0, 0.1) is 0 Å². The Labute approximate surface area is 147 Å². The van der Waals surface area contributed by atoms with Gasteiger partial charge >= 0.3 is 6.03 Å². The summed E-state index contributed by atoms with van der Waals surface area (Å²) in [6.45, 7) is 7.62. The van der Waals surface area contributed by atoms with Gasteiger partial charge < -0.3 is 16.0 Å². The minimum Gasteiger partial charge on any atom is -0.350 e. The monoisotopic (exact) mass is 344 g/mol. The van der Waals surface area contributed by atoms with Crippen LogP contribution in [0.2, 0.25) is 0 Å². The fourth-order valence-corrected chi connectivity index (χ4v) is 2.04. The molecule has 0 fully saturated rings. The number of aromatic nitrogens is 3. The number of amides is 3. The molecule has 8 heteroatoms. The fraction of sp³-hybridized carbons (Fsp3) is 0.412. The van der Waals surface area contributed by atoms with Crippen LogP contribution in [-0.4, -0.2) is 38.1 Å². The Morgan fingerprint density at radius 2 is 2.04 bits per heavy atom. The van der Waals surface area contributed by atoms with Crippen LogP contribution in [-0.2, 0) is 11.3 Å². The van der Waals surface area contributed by atoms with E-state index in [1.807, 2.05) is 32.9 Å². The average Bonchev–Trinajstić information content (AvgIpc) is 3.06. The van der Waals surface area contributed by atoms with Gasteiger partial charge in [0, 0.05) is 30.7 Å². The summed E-state index contributed by atoms with van der Waals surface area (Å²) in [6, 6.07) is 2.69. The highest BCUT2D eigenvalue weighted by Gasteiger charge is 2.20. The normalized spacial score (nSPS) is 12.3. The van der Waals surface area contributed by atoms with Crippen molar-refractivity contribution in [3.8, 4) is 5.82 Å². The number of rotatable bonds is 5.